The first-order chi connectivity index (χ1) is 6.85. The molecule has 84 valence electrons. The number of ether oxygens (including phenoxy) is 1. The molecule has 4 N–H and O–H groups in total. The van der Waals surface area contributed by atoms with Crippen LogP contribution in [-0.4, -0.2) is 11.3 Å². The molecule has 0 aromatic carbocycles. The summed E-state index contributed by atoms with van der Waals surface area (Å²) in [5.41, 5.74) is 11.3. The van der Waals surface area contributed by atoms with Crippen LogP contribution in [0.3, 0.4) is 0 Å². The molecule has 0 saturated heterocycles. The zero-order valence-electron chi connectivity index (χ0n) is 7.31. The van der Waals surface area contributed by atoms with Gasteiger partial charge >= 0.3 is 6.36 Å². The SMILES string of the molecule is NCc1c(N)cnc(OC(F)(F)F)c1Br. The predicted molar refractivity (Wildman–Crippen MR) is 50.9 cm³/mol. The van der Waals surface area contributed by atoms with Gasteiger partial charge in [0.05, 0.1) is 16.4 Å². The number of pyridine rings is 1. The zero-order chi connectivity index (χ0) is 11.6. The molecular weight excluding hydrogens is 279 g/mol. The quantitative estimate of drug-likeness (QED) is 0.869. The van der Waals surface area contributed by atoms with Crippen molar-refractivity contribution in [1.29, 1.82) is 0 Å². The van der Waals surface area contributed by atoms with E-state index in [4.69, 9.17) is 11.5 Å². The molecule has 0 unspecified atom stereocenters. The molecule has 1 heterocycles. The summed E-state index contributed by atoms with van der Waals surface area (Å²) in [4.78, 5) is 3.40. The van der Waals surface area contributed by atoms with E-state index in [2.05, 4.69) is 25.7 Å². The number of nitrogen functional groups attached to an aromatic ring is 1. The van der Waals surface area contributed by atoms with E-state index in [1.54, 1.807) is 0 Å². The van der Waals surface area contributed by atoms with Gasteiger partial charge in [0.25, 0.3) is 0 Å². The standard InChI is InChI=1S/C7H7BrF3N3O/c8-5-3(1-12)4(13)2-14-6(5)15-7(9,10)11/h2H,1,12-13H2. The smallest absolute Gasteiger partial charge is 0.397 e. The Morgan fingerprint density at radius 3 is 2.53 bits per heavy atom. The van der Waals surface area contributed by atoms with E-state index in [1.165, 1.54) is 0 Å². The van der Waals surface area contributed by atoms with Crippen LogP contribution in [0, 0.1) is 0 Å². The van der Waals surface area contributed by atoms with Crippen LogP contribution >= 0.6 is 15.9 Å². The summed E-state index contributed by atoms with van der Waals surface area (Å²) < 4.78 is 39.4. The highest BCUT2D eigenvalue weighted by Crippen LogP contribution is 2.33. The van der Waals surface area contributed by atoms with E-state index < -0.39 is 12.2 Å². The van der Waals surface area contributed by atoms with Crippen molar-refractivity contribution in [3.63, 3.8) is 0 Å². The number of nitrogens with zero attached hydrogens (tertiary/aromatic N) is 1. The predicted octanol–water partition coefficient (Wildman–Crippen LogP) is 1.78. The zero-order valence-corrected chi connectivity index (χ0v) is 8.89. The van der Waals surface area contributed by atoms with Crippen molar-refractivity contribution in [3.8, 4) is 5.88 Å². The molecule has 1 aromatic rings. The van der Waals surface area contributed by atoms with Gasteiger partial charge in [-0.05, 0) is 15.9 Å². The van der Waals surface area contributed by atoms with Crippen molar-refractivity contribution in [1.82, 2.24) is 4.98 Å². The fourth-order valence-electron chi connectivity index (χ4n) is 0.907. The molecule has 0 amide bonds. The Hall–Kier alpha value is -1.02. The van der Waals surface area contributed by atoms with Crippen molar-refractivity contribution in [3.05, 3.63) is 16.2 Å². The molecule has 15 heavy (non-hydrogen) atoms. The van der Waals surface area contributed by atoms with Crippen molar-refractivity contribution < 1.29 is 17.9 Å². The van der Waals surface area contributed by atoms with E-state index in [0.717, 1.165) is 6.20 Å². The lowest BCUT2D eigenvalue weighted by atomic mass is 10.2. The molecule has 0 saturated carbocycles. The second-order valence-electron chi connectivity index (χ2n) is 2.56. The van der Waals surface area contributed by atoms with Gasteiger partial charge in [0, 0.05) is 12.1 Å². The minimum Gasteiger partial charge on any atom is -0.397 e. The molecule has 0 aliphatic rings. The van der Waals surface area contributed by atoms with Gasteiger partial charge in [-0.15, -0.1) is 13.2 Å². The summed E-state index contributed by atoms with van der Waals surface area (Å²) in [7, 11) is 0. The highest BCUT2D eigenvalue weighted by Gasteiger charge is 2.33. The highest BCUT2D eigenvalue weighted by atomic mass is 79.9. The lowest BCUT2D eigenvalue weighted by Crippen LogP contribution is -2.19. The maximum absolute atomic E-state index is 11.9. The normalized spacial score (nSPS) is 11.5. The topological polar surface area (TPSA) is 74.2 Å². The van der Waals surface area contributed by atoms with Crippen molar-refractivity contribution >= 4 is 21.6 Å². The number of anilines is 1. The average molecular weight is 286 g/mol. The number of rotatable bonds is 2. The molecule has 1 aromatic heterocycles. The Bertz CT molecular complexity index is 369. The third kappa shape index (κ3) is 2.96. The Morgan fingerprint density at radius 1 is 1.47 bits per heavy atom. The molecular formula is C7H7BrF3N3O. The van der Waals surface area contributed by atoms with Crippen LogP contribution in [0.15, 0.2) is 10.7 Å². The van der Waals surface area contributed by atoms with E-state index >= 15 is 0 Å². The maximum atomic E-state index is 11.9. The fourth-order valence-corrected chi connectivity index (χ4v) is 1.48. The van der Waals surface area contributed by atoms with E-state index in [-0.39, 0.29) is 16.7 Å². The first-order valence-corrected chi connectivity index (χ1v) is 4.53. The third-order valence-electron chi connectivity index (χ3n) is 1.54. The minimum absolute atomic E-state index is 0.0108. The number of nitrogens with two attached hydrogens (primary N) is 2. The van der Waals surface area contributed by atoms with Crippen molar-refractivity contribution in [2.75, 3.05) is 5.73 Å². The lowest BCUT2D eigenvalue weighted by molar-refractivity contribution is -0.276. The Balaban J connectivity index is 3.11. The first-order valence-electron chi connectivity index (χ1n) is 3.74. The van der Waals surface area contributed by atoms with Crippen molar-refractivity contribution in [2.45, 2.75) is 12.9 Å². The molecule has 8 heteroatoms. The minimum atomic E-state index is -4.79. The lowest BCUT2D eigenvalue weighted by Gasteiger charge is -2.12. The Morgan fingerprint density at radius 2 is 2.07 bits per heavy atom. The second kappa shape index (κ2) is 4.23. The number of aromatic nitrogens is 1. The van der Waals surface area contributed by atoms with Gasteiger partial charge in [0.1, 0.15) is 0 Å². The molecule has 0 aliphatic carbocycles. The van der Waals surface area contributed by atoms with Crippen LogP contribution in [0.2, 0.25) is 0 Å². The van der Waals surface area contributed by atoms with Gasteiger partial charge in [0.15, 0.2) is 0 Å². The molecule has 0 aliphatic heterocycles. The van der Waals surface area contributed by atoms with Crippen LogP contribution in [0.4, 0.5) is 18.9 Å². The number of halogens is 4. The number of hydrogen-bond donors (Lipinski definition) is 2. The fraction of sp³-hybridized carbons (Fsp3) is 0.286. The second-order valence-corrected chi connectivity index (χ2v) is 3.36. The number of alkyl halides is 3. The van der Waals surface area contributed by atoms with Gasteiger partial charge in [-0.2, -0.15) is 0 Å². The van der Waals surface area contributed by atoms with E-state index in [0.29, 0.717) is 5.56 Å². The first kappa shape index (κ1) is 12.1. The monoisotopic (exact) mass is 285 g/mol. The summed E-state index contributed by atoms with van der Waals surface area (Å²) in [5.74, 6) is -0.600. The number of hydrogen-bond acceptors (Lipinski definition) is 4. The van der Waals surface area contributed by atoms with Gasteiger partial charge in [-0.3, -0.25) is 0 Å². The molecule has 1 rings (SSSR count). The summed E-state index contributed by atoms with van der Waals surface area (Å²) in [5, 5.41) is 0. The van der Waals surface area contributed by atoms with E-state index in [1.807, 2.05) is 0 Å². The van der Waals surface area contributed by atoms with Gasteiger partial charge in [0.2, 0.25) is 5.88 Å². The summed E-state index contributed by atoms with van der Waals surface area (Å²) in [6, 6.07) is 0. The molecule has 0 spiro atoms. The highest BCUT2D eigenvalue weighted by molar-refractivity contribution is 9.10. The Kier molecular flexibility index (Phi) is 3.40. The third-order valence-corrected chi connectivity index (χ3v) is 2.36. The van der Waals surface area contributed by atoms with Gasteiger partial charge in [-0.25, -0.2) is 4.98 Å². The molecule has 0 bridgehead atoms. The van der Waals surface area contributed by atoms with Gasteiger partial charge in [-0.1, -0.05) is 0 Å². The van der Waals surface area contributed by atoms with Crippen LogP contribution in [0.25, 0.3) is 0 Å². The van der Waals surface area contributed by atoms with Crippen LogP contribution < -0.4 is 16.2 Å². The molecule has 4 nitrogen and oxygen atoms in total. The van der Waals surface area contributed by atoms with Crippen LogP contribution in [0.5, 0.6) is 5.88 Å². The summed E-state index contributed by atoms with van der Waals surface area (Å²) in [6.07, 6.45) is -3.73. The van der Waals surface area contributed by atoms with Crippen LogP contribution in [0.1, 0.15) is 5.56 Å². The summed E-state index contributed by atoms with van der Waals surface area (Å²) >= 11 is 2.90. The average Bonchev–Trinajstić information content (AvgIpc) is 2.09. The maximum Gasteiger partial charge on any atom is 0.574 e. The van der Waals surface area contributed by atoms with Crippen molar-refractivity contribution in [2.24, 2.45) is 5.73 Å². The molecule has 0 radical (unpaired) electrons. The largest absolute Gasteiger partial charge is 0.574 e. The molecule has 0 fully saturated rings. The Labute approximate surface area is 91.5 Å². The van der Waals surface area contributed by atoms with Crippen LogP contribution in [-0.2, 0) is 6.54 Å². The van der Waals surface area contributed by atoms with E-state index in [9.17, 15) is 13.2 Å². The van der Waals surface area contributed by atoms with Gasteiger partial charge < -0.3 is 16.2 Å². The summed E-state index contributed by atoms with van der Waals surface area (Å²) in [6.45, 7) is -0.0108. The molecule has 0 atom stereocenters.